The van der Waals surface area contributed by atoms with Crippen LogP contribution in [-0.4, -0.2) is 24.3 Å². The maximum atomic E-state index is 13.2. The molecule has 0 aliphatic heterocycles. The lowest BCUT2D eigenvalue weighted by molar-refractivity contribution is 0.768. The van der Waals surface area contributed by atoms with Gasteiger partial charge in [-0.25, -0.2) is 14.5 Å². The molecule has 24 heavy (non-hydrogen) atoms. The summed E-state index contributed by atoms with van der Waals surface area (Å²) in [6, 6.07) is 11.1. The third-order valence-electron chi connectivity index (χ3n) is 3.96. The van der Waals surface area contributed by atoms with E-state index in [0.717, 1.165) is 11.1 Å². The van der Waals surface area contributed by atoms with Crippen LogP contribution in [0.1, 0.15) is 5.82 Å². The van der Waals surface area contributed by atoms with Gasteiger partial charge < -0.3 is 0 Å². The highest BCUT2D eigenvalue weighted by molar-refractivity contribution is 5.93. The van der Waals surface area contributed by atoms with Crippen molar-refractivity contribution in [3.63, 3.8) is 0 Å². The third-order valence-corrected chi connectivity index (χ3v) is 3.96. The minimum atomic E-state index is -0.129. The predicted molar refractivity (Wildman–Crippen MR) is 92.1 cm³/mol. The molecule has 0 spiro atoms. The number of pyridine rings is 1. The van der Waals surface area contributed by atoms with Crippen LogP contribution in [0.25, 0.3) is 27.8 Å². The Labute approximate surface area is 138 Å². The van der Waals surface area contributed by atoms with E-state index in [1.54, 1.807) is 27.7 Å². The molecule has 0 fully saturated rings. The van der Waals surface area contributed by atoms with E-state index in [1.807, 2.05) is 50.5 Å². The predicted octanol–water partition coefficient (Wildman–Crippen LogP) is 2.49. The molecule has 6 nitrogen and oxygen atoms in total. The fraction of sp³-hybridized carbons (Fsp3) is 0.111. The summed E-state index contributed by atoms with van der Waals surface area (Å²) < 4.78 is 3.26. The van der Waals surface area contributed by atoms with Crippen molar-refractivity contribution in [1.82, 2.24) is 24.3 Å². The smallest absolute Gasteiger partial charge is 0.267 e. The van der Waals surface area contributed by atoms with E-state index in [9.17, 15) is 4.79 Å². The van der Waals surface area contributed by atoms with E-state index in [4.69, 9.17) is 0 Å². The Morgan fingerprint density at radius 3 is 2.67 bits per heavy atom. The standard InChI is InChI=1S/C18H15N5O/c1-12-21-15-7-5-6-14(13-10-20-22(2)11-13)17(15)18(24)23(12)16-8-3-4-9-19-16/h3-11H,1-2H3. The van der Waals surface area contributed by atoms with E-state index < -0.39 is 0 Å². The van der Waals surface area contributed by atoms with Crippen LogP contribution in [0, 0.1) is 6.92 Å². The minimum absolute atomic E-state index is 0.129. The quantitative estimate of drug-likeness (QED) is 0.570. The summed E-state index contributed by atoms with van der Waals surface area (Å²) in [5.41, 5.74) is 2.25. The number of aryl methyl sites for hydroxylation is 2. The highest BCUT2D eigenvalue weighted by Gasteiger charge is 2.15. The molecule has 6 heteroatoms. The first-order valence-corrected chi connectivity index (χ1v) is 7.58. The number of hydrogen-bond acceptors (Lipinski definition) is 4. The van der Waals surface area contributed by atoms with Gasteiger partial charge in [-0.05, 0) is 30.7 Å². The van der Waals surface area contributed by atoms with Crippen LogP contribution in [-0.2, 0) is 7.05 Å². The van der Waals surface area contributed by atoms with Crippen LogP contribution >= 0.6 is 0 Å². The molecule has 3 aromatic heterocycles. The third kappa shape index (κ3) is 2.20. The van der Waals surface area contributed by atoms with Gasteiger partial charge in [-0.3, -0.25) is 9.48 Å². The first-order valence-electron chi connectivity index (χ1n) is 7.58. The van der Waals surface area contributed by atoms with Crippen molar-refractivity contribution >= 4 is 10.9 Å². The Balaban J connectivity index is 2.09. The molecule has 0 aliphatic rings. The molecule has 0 unspecified atom stereocenters. The van der Waals surface area contributed by atoms with Crippen LogP contribution < -0.4 is 5.56 Å². The largest absolute Gasteiger partial charge is 0.275 e. The lowest BCUT2D eigenvalue weighted by Crippen LogP contribution is -2.23. The molecule has 3 heterocycles. The molecule has 0 saturated carbocycles. The average molecular weight is 317 g/mol. The second-order valence-corrected chi connectivity index (χ2v) is 5.59. The van der Waals surface area contributed by atoms with Crippen LogP contribution in [0.5, 0.6) is 0 Å². The first-order chi connectivity index (χ1) is 11.6. The molecule has 0 radical (unpaired) electrons. The van der Waals surface area contributed by atoms with Gasteiger partial charge in [0.25, 0.3) is 5.56 Å². The van der Waals surface area contributed by atoms with Gasteiger partial charge in [0.2, 0.25) is 0 Å². The number of hydrogen-bond donors (Lipinski definition) is 0. The Bertz CT molecular complexity index is 1100. The molecular weight excluding hydrogens is 302 g/mol. The first kappa shape index (κ1) is 14.3. The molecular formula is C18H15N5O. The molecule has 0 atom stereocenters. The molecule has 4 aromatic rings. The van der Waals surface area contributed by atoms with E-state index in [1.165, 1.54) is 0 Å². The highest BCUT2D eigenvalue weighted by Crippen LogP contribution is 2.25. The Morgan fingerprint density at radius 2 is 1.96 bits per heavy atom. The molecule has 4 rings (SSSR count). The summed E-state index contributed by atoms with van der Waals surface area (Å²) in [7, 11) is 1.85. The molecule has 1 aromatic carbocycles. The molecule has 0 saturated heterocycles. The summed E-state index contributed by atoms with van der Waals surface area (Å²) >= 11 is 0. The average Bonchev–Trinajstić information content (AvgIpc) is 3.01. The molecule has 0 amide bonds. The van der Waals surface area contributed by atoms with Crippen molar-refractivity contribution < 1.29 is 0 Å². The molecule has 0 N–H and O–H groups in total. The fourth-order valence-corrected chi connectivity index (χ4v) is 2.90. The van der Waals surface area contributed by atoms with E-state index in [0.29, 0.717) is 22.5 Å². The number of aromatic nitrogens is 5. The van der Waals surface area contributed by atoms with Crippen LogP contribution in [0.15, 0.2) is 59.8 Å². The van der Waals surface area contributed by atoms with Crippen molar-refractivity contribution in [2.24, 2.45) is 7.05 Å². The van der Waals surface area contributed by atoms with Gasteiger partial charge in [-0.2, -0.15) is 5.10 Å². The number of fused-ring (bicyclic) bond motifs is 1. The van der Waals surface area contributed by atoms with Crippen molar-refractivity contribution in [2.45, 2.75) is 6.92 Å². The monoisotopic (exact) mass is 317 g/mol. The van der Waals surface area contributed by atoms with Crippen LogP contribution in [0.4, 0.5) is 0 Å². The van der Waals surface area contributed by atoms with E-state index >= 15 is 0 Å². The Kier molecular flexibility index (Phi) is 3.23. The van der Waals surface area contributed by atoms with Crippen LogP contribution in [0.3, 0.4) is 0 Å². The summed E-state index contributed by atoms with van der Waals surface area (Å²) in [5.74, 6) is 1.17. The lowest BCUT2D eigenvalue weighted by atomic mass is 10.0. The second kappa shape index (κ2) is 5.42. The van der Waals surface area contributed by atoms with Gasteiger partial charge in [0.05, 0.1) is 17.1 Å². The maximum Gasteiger partial charge on any atom is 0.267 e. The van der Waals surface area contributed by atoms with Crippen LogP contribution in [0.2, 0.25) is 0 Å². The van der Waals surface area contributed by atoms with Gasteiger partial charge in [-0.15, -0.1) is 0 Å². The van der Waals surface area contributed by atoms with E-state index in [-0.39, 0.29) is 5.56 Å². The molecule has 0 bridgehead atoms. The summed E-state index contributed by atoms with van der Waals surface area (Å²) in [6.07, 6.45) is 5.30. The number of rotatable bonds is 2. The number of nitrogens with zero attached hydrogens (tertiary/aromatic N) is 5. The second-order valence-electron chi connectivity index (χ2n) is 5.59. The van der Waals surface area contributed by atoms with Gasteiger partial charge in [0.1, 0.15) is 11.6 Å². The highest BCUT2D eigenvalue weighted by atomic mass is 16.1. The normalized spacial score (nSPS) is 11.1. The van der Waals surface area contributed by atoms with Crippen molar-refractivity contribution in [3.8, 4) is 16.9 Å². The summed E-state index contributed by atoms with van der Waals surface area (Å²) in [5, 5.41) is 4.77. The summed E-state index contributed by atoms with van der Waals surface area (Å²) in [6.45, 7) is 1.81. The zero-order chi connectivity index (χ0) is 16.7. The summed E-state index contributed by atoms with van der Waals surface area (Å²) in [4.78, 5) is 22.1. The van der Waals surface area contributed by atoms with Gasteiger partial charge >= 0.3 is 0 Å². The van der Waals surface area contributed by atoms with E-state index in [2.05, 4.69) is 15.1 Å². The SMILES string of the molecule is Cc1nc2cccc(-c3cnn(C)c3)c2c(=O)n1-c1ccccn1. The zero-order valence-electron chi connectivity index (χ0n) is 13.3. The maximum absolute atomic E-state index is 13.2. The lowest BCUT2D eigenvalue weighted by Gasteiger charge is -2.11. The molecule has 0 aliphatic carbocycles. The zero-order valence-corrected chi connectivity index (χ0v) is 13.3. The van der Waals surface area contributed by atoms with Gasteiger partial charge in [0.15, 0.2) is 0 Å². The topological polar surface area (TPSA) is 65.6 Å². The van der Waals surface area contributed by atoms with Gasteiger partial charge in [-0.1, -0.05) is 18.2 Å². The van der Waals surface area contributed by atoms with Gasteiger partial charge in [0, 0.05) is 25.0 Å². The van der Waals surface area contributed by atoms with Crippen molar-refractivity contribution in [3.05, 3.63) is 71.2 Å². The van der Waals surface area contributed by atoms with Crippen molar-refractivity contribution in [2.75, 3.05) is 0 Å². The Morgan fingerprint density at radius 1 is 1.08 bits per heavy atom. The molecule has 118 valence electrons. The minimum Gasteiger partial charge on any atom is -0.275 e. The Hall–Kier alpha value is -3.28. The number of benzene rings is 1. The fourth-order valence-electron chi connectivity index (χ4n) is 2.90. The van der Waals surface area contributed by atoms with Crippen molar-refractivity contribution in [1.29, 1.82) is 0 Å².